The number of aryl methyl sites for hydroxylation is 2. The lowest BCUT2D eigenvalue weighted by Crippen LogP contribution is -2.41. The first-order valence-corrected chi connectivity index (χ1v) is 26.6. The maximum Gasteiger partial charge on any atom is 0.204 e. The molecule has 22 nitrogen and oxygen atoms in total. The van der Waals surface area contributed by atoms with Crippen molar-refractivity contribution in [1.82, 2.24) is 39.5 Å². The summed E-state index contributed by atoms with van der Waals surface area (Å²) in [6.45, 7) is 9.09. The van der Waals surface area contributed by atoms with E-state index in [4.69, 9.17) is 38.3 Å². The number of methoxy groups -OCH3 is 4. The predicted octanol–water partition coefficient (Wildman–Crippen LogP) is 6.66. The van der Waals surface area contributed by atoms with Crippen LogP contribution in [0.4, 0.5) is 0 Å². The lowest BCUT2D eigenvalue weighted by Gasteiger charge is -2.29. The number of aromatic nitrogens is 8. The zero-order chi connectivity index (χ0) is 55.3. The number of para-hydroxylation sites is 2. The average Bonchev–Trinajstić information content (AvgIpc) is 4.26. The summed E-state index contributed by atoms with van der Waals surface area (Å²) in [5, 5.41) is 54.9. The molecule has 0 saturated carbocycles. The number of pyridine rings is 2. The van der Waals surface area contributed by atoms with Crippen LogP contribution in [-0.2, 0) is 42.4 Å². The molecule has 4 atom stereocenters. The van der Waals surface area contributed by atoms with Gasteiger partial charge in [0.25, 0.3) is 0 Å². The lowest BCUT2D eigenvalue weighted by atomic mass is 9.97. The molecule has 0 amide bonds. The standard InChI is InChI=1S/2C26H27N5O6S/c2*1-16-9-11-21(37-16)25-30-29-23(31(25)24-19(35-4)7-6-8-20(24)36-5)15-38(33,34)17(2)26(3,32)22-12-10-18(13-27)14-28-22/h2*6-12,14,17,32H,15H2,1-5H3/t2*17-,26-/m10/s1. The van der Waals surface area contributed by atoms with Gasteiger partial charge in [0.05, 0.1) is 61.5 Å². The van der Waals surface area contributed by atoms with Crippen molar-refractivity contribution in [2.45, 2.75) is 74.8 Å². The maximum absolute atomic E-state index is 13.7. The largest absolute Gasteiger partial charge is 0.494 e. The second-order valence-electron chi connectivity index (χ2n) is 17.7. The van der Waals surface area contributed by atoms with Gasteiger partial charge in [-0.3, -0.25) is 19.1 Å². The number of nitrogens with zero attached hydrogens (tertiary/aromatic N) is 10. The third-order valence-corrected chi connectivity index (χ3v) is 17.2. The van der Waals surface area contributed by atoms with E-state index in [1.54, 1.807) is 74.5 Å². The van der Waals surface area contributed by atoms with Crippen molar-refractivity contribution >= 4 is 19.7 Å². The average molecular weight is 1080 g/mol. The highest BCUT2D eigenvalue weighted by atomic mass is 32.2. The van der Waals surface area contributed by atoms with E-state index in [1.807, 2.05) is 12.1 Å². The van der Waals surface area contributed by atoms with Crippen LogP contribution < -0.4 is 18.9 Å². The van der Waals surface area contributed by atoms with Gasteiger partial charge in [-0.2, -0.15) is 10.5 Å². The Hall–Kier alpha value is -8.42. The van der Waals surface area contributed by atoms with Crippen molar-refractivity contribution in [2.24, 2.45) is 0 Å². The molecule has 6 heterocycles. The van der Waals surface area contributed by atoms with E-state index in [0.717, 1.165) is 0 Å². The van der Waals surface area contributed by atoms with Gasteiger partial charge in [-0.05, 0) is 114 Å². The van der Waals surface area contributed by atoms with Crippen LogP contribution in [0.25, 0.3) is 34.5 Å². The van der Waals surface area contributed by atoms with E-state index >= 15 is 0 Å². The highest BCUT2D eigenvalue weighted by Crippen LogP contribution is 2.40. The number of benzene rings is 2. The SMILES string of the molecule is COc1cccc(OC)c1-n1c(CS(=O)(=O)[C@@H](C)[C@](C)(O)c2ccc(C#N)cn2)nnc1-c1ccc(C)o1.COc1cccc(OC)c1-n1c(CS(=O)(=O)[C@H](C)[C@@](C)(O)c2ccc(C#N)cn2)nnc1-c1ccc(C)o1. The number of hydrogen-bond acceptors (Lipinski definition) is 20. The molecule has 396 valence electrons. The monoisotopic (exact) mass is 1070 g/mol. The molecule has 2 N–H and O–H groups in total. The molecule has 0 fully saturated rings. The number of hydrogen-bond donors (Lipinski definition) is 2. The Labute approximate surface area is 438 Å². The van der Waals surface area contributed by atoms with Crippen molar-refractivity contribution in [1.29, 1.82) is 10.5 Å². The van der Waals surface area contributed by atoms with Gasteiger partial charge in [0.1, 0.15) is 80.7 Å². The molecular formula is C52H54N10O12S2. The number of aliphatic hydroxyl groups is 2. The molecule has 6 aromatic heterocycles. The van der Waals surface area contributed by atoms with Crippen molar-refractivity contribution in [3.63, 3.8) is 0 Å². The van der Waals surface area contributed by atoms with Gasteiger partial charge >= 0.3 is 0 Å². The molecule has 0 aliphatic carbocycles. The Morgan fingerprint density at radius 1 is 0.566 bits per heavy atom. The van der Waals surface area contributed by atoms with Crippen molar-refractivity contribution in [3.8, 4) is 69.7 Å². The number of nitriles is 2. The van der Waals surface area contributed by atoms with E-state index in [2.05, 4.69) is 30.4 Å². The molecule has 0 unspecified atom stereocenters. The molecule has 8 rings (SSSR count). The third kappa shape index (κ3) is 11.0. The minimum Gasteiger partial charge on any atom is -0.494 e. The molecule has 0 spiro atoms. The molecule has 0 bridgehead atoms. The van der Waals surface area contributed by atoms with E-state index < -0.39 is 52.9 Å². The van der Waals surface area contributed by atoms with Crippen LogP contribution in [0.15, 0.2) is 106 Å². The van der Waals surface area contributed by atoms with Crippen LogP contribution in [0.1, 0.15) is 73.4 Å². The molecule has 2 aromatic carbocycles. The maximum atomic E-state index is 13.7. The predicted molar refractivity (Wildman–Crippen MR) is 275 cm³/mol. The minimum absolute atomic E-state index is 0.0623. The topological polar surface area (TPSA) is 307 Å². The van der Waals surface area contributed by atoms with Gasteiger partial charge in [-0.25, -0.2) is 16.8 Å². The molecule has 0 radical (unpaired) electrons. The molecule has 0 saturated heterocycles. The van der Waals surface area contributed by atoms with Gasteiger partial charge in [0.2, 0.25) is 11.6 Å². The van der Waals surface area contributed by atoms with Crippen LogP contribution in [0, 0.1) is 36.5 Å². The summed E-state index contributed by atoms with van der Waals surface area (Å²) in [6, 6.07) is 26.9. The summed E-state index contributed by atoms with van der Waals surface area (Å²) in [4.78, 5) is 8.21. The van der Waals surface area contributed by atoms with Crippen LogP contribution in [0.3, 0.4) is 0 Å². The first-order valence-electron chi connectivity index (χ1n) is 23.1. The first-order chi connectivity index (χ1) is 36.1. The van der Waals surface area contributed by atoms with Gasteiger partial charge in [0.15, 0.2) is 42.8 Å². The van der Waals surface area contributed by atoms with Gasteiger partial charge in [-0.15, -0.1) is 20.4 Å². The van der Waals surface area contributed by atoms with Crippen molar-refractivity contribution in [3.05, 3.63) is 143 Å². The Balaban J connectivity index is 0.000000221. The molecule has 8 aromatic rings. The molecular weight excluding hydrogens is 1020 g/mol. The fourth-order valence-corrected chi connectivity index (χ4v) is 11.3. The normalized spacial score (nSPS) is 13.9. The van der Waals surface area contributed by atoms with Crippen LogP contribution >= 0.6 is 0 Å². The number of furan rings is 2. The minimum atomic E-state index is -4.06. The Kier molecular flexibility index (Phi) is 16.2. The Morgan fingerprint density at radius 2 is 0.908 bits per heavy atom. The Morgan fingerprint density at radius 3 is 1.17 bits per heavy atom. The van der Waals surface area contributed by atoms with Gasteiger partial charge < -0.3 is 38.0 Å². The summed E-state index contributed by atoms with van der Waals surface area (Å²) in [6.07, 6.45) is 2.57. The fourth-order valence-electron chi connectivity index (χ4n) is 8.07. The zero-order valence-electron chi connectivity index (χ0n) is 43.1. The quantitative estimate of drug-likeness (QED) is 0.0907. The highest BCUT2D eigenvalue weighted by molar-refractivity contribution is 7.91. The summed E-state index contributed by atoms with van der Waals surface area (Å²) < 4.78 is 91.6. The van der Waals surface area contributed by atoms with Crippen LogP contribution in [0.2, 0.25) is 0 Å². The molecule has 24 heteroatoms. The van der Waals surface area contributed by atoms with Crippen LogP contribution in [-0.4, -0.2) is 105 Å². The summed E-state index contributed by atoms with van der Waals surface area (Å²) in [5.74, 6) is 3.07. The first kappa shape index (κ1) is 55.3. The van der Waals surface area contributed by atoms with Crippen molar-refractivity contribution in [2.75, 3.05) is 28.4 Å². The van der Waals surface area contributed by atoms with Crippen molar-refractivity contribution < 1.29 is 54.8 Å². The Bertz CT molecular complexity index is 3400. The van der Waals surface area contributed by atoms with E-state index in [0.29, 0.717) is 68.5 Å². The van der Waals surface area contributed by atoms with Gasteiger partial charge in [0, 0.05) is 12.4 Å². The second-order valence-corrected chi connectivity index (χ2v) is 22.3. The van der Waals surface area contributed by atoms with E-state index in [1.165, 1.54) is 102 Å². The zero-order valence-corrected chi connectivity index (χ0v) is 44.7. The lowest BCUT2D eigenvalue weighted by molar-refractivity contribution is 0.0513. The third-order valence-electron chi connectivity index (χ3n) is 12.8. The van der Waals surface area contributed by atoms with Crippen LogP contribution in [0.5, 0.6) is 23.0 Å². The second kappa shape index (κ2) is 22.2. The smallest absolute Gasteiger partial charge is 0.204 e. The molecule has 76 heavy (non-hydrogen) atoms. The fraction of sp³-hybridized carbons (Fsp3) is 0.308. The number of rotatable bonds is 18. The number of sulfone groups is 2. The summed E-state index contributed by atoms with van der Waals surface area (Å²) in [5.41, 5.74) is -2.12. The van der Waals surface area contributed by atoms with Gasteiger partial charge in [-0.1, -0.05) is 12.1 Å². The van der Waals surface area contributed by atoms with E-state index in [-0.39, 0.29) is 34.7 Å². The highest BCUT2D eigenvalue weighted by Gasteiger charge is 2.43. The van der Waals surface area contributed by atoms with E-state index in [9.17, 15) is 27.0 Å². The summed E-state index contributed by atoms with van der Waals surface area (Å²) in [7, 11) is -2.17. The molecule has 0 aliphatic rings. The summed E-state index contributed by atoms with van der Waals surface area (Å²) >= 11 is 0. The number of ether oxygens (including phenoxy) is 4. The molecule has 0 aliphatic heterocycles.